The summed E-state index contributed by atoms with van der Waals surface area (Å²) < 4.78 is 10.7. The van der Waals surface area contributed by atoms with E-state index in [1.165, 1.54) is 15.9 Å². The molecule has 4 rings (SSSR count). The van der Waals surface area contributed by atoms with E-state index in [4.69, 9.17) is 9.47 Å². The number of carbonyl (C=O) groups is 3. The summed E-state index contributed by atoms with van der Waals surface area (Å²) in [6.07, 6.45) is 4.86. The molecule has 2 aliphatic heterocycles. The van der Waals surface area contributed by atoms with E-state index in [0.29, 0.717) is 25.5 Å². The molecule has 3 amide bonds. The van der Waals surface area contributed by atoms with Crippen molar-refractivity contribution in [1.82, 2.24) is 14.8 Å². The molecule has 168 valence electrons. The standard InChI is InChI=1S/C22H24N4O5S/c1-2-30-20(28)13-26-10-16-8-15(9-23-21(16)24-22(26)29)5-6-19(27)25-11-17(12-25)31-14-18-4-3-7-32-18/h3-9,17H,2,10-14H2,1H3,(H,23,24,29). The normalized spacial score (nSPS) is 16.0. The third-order valence-corrected chi connectivity index (χ3v) is 5.96. The number of aromatic nitrogens is 1. The first kappa shape index (κ1) is 22.0. The number of fused-ring (bicyclic) bond motifs is 1. The van der Waals surface area contributed by atoms with Crippen LogP contribution < -0.4 is 5.32 Å². The minimum Gasteiger partial charge on any atom is -0.465 e. The van der Waals surface area contributed by atoms with Crippen molar-refractivity contribution in [3.8, 4) is 0 Å². The van der Waals surface area contributed by atoms with Crippen molar-refractivity contribution in [3.05, 3.63) is 51.9 Å². The summed E-state index contributed by atoms with van der Waals surface area (Å²) in [4.78, 5) is 44.8. The Bertz CT molecular complexity index is 1020. The van der Waals surface area contributed by atoms with Crippen molar-refractivity contribution in [2.45, 2.75) is 26.2 Å². The van der Waals surface area contributed by atoms with E-state index in [1.807, 2.05) is 23.6 Å². The highest BCUT2D eigenvalue weighted by Gasteiger charge is 2.30. The number of nitrogens with zero attached hydrogens (tertiary/aromatic N) is 3. The second-order valence-electron chi connectivity index (χ2n) is 7.46. The number of ether oxygens (including phenoxy) is 2. The Morgan fingerprint density at radius 3 is 2.97 bits per heavy atom. The molecule has 0 unspecified atom stereocenters. The number of urea groups is 1. The Hall–Kier alpha value is -3.24. The Balaban J connectivity index is 1.29. The van der Waals surface area contributed by atoms with Gasteiger partial charge in [-0.2, -0.15) is 0 Å². The average molecular weight is 457 g/mol. The number of nitrogens with one attached hydrogen (secondary N) is 1. The van der Waals surface area contributed by atoms with E-state index < -0.39 is 12.0 Å². The number of rotatable bonds is 8. The lowest BCUT2D eigenvalue weighted by atomic mass is 10.1. The fraction of sp³-hybridized carbons (Fsp3) is 0.364. The minimum atomic E-state index is -0.465. The number of esters is 1. The lowest BCUT2D eigenvalue weighted by Gasteiger charge is -2.38. The van der Waals surface area contributed by atoms with Crippen molar-refractivity contribution in [1.29, 1.82) is 0 Å². The van der Waals surface area contributed by atoms with Gasteiger partial charge < -0.3 is 19.3 Å². The van der Waals surface area contributed by atoms with Crippen molar-refractivity contribution < 1.29 is 23.9 Å². The van der Waals surface area contributed by atoms with E-state index >= 15 is 0 Å². The Labute approximate surface area is 189 Å². The third-order valence-electron chi connectivity index (χ3n) is 5.11. The van der Waals surface area contributed by atoms with Crippen molar-refractivity contribution in [3.63, 3.8) is 0 Å². The van der Waals surface area contributed by atoms with Gasteiger partial charge in [0.1, 0.15) is 12.4 Å². The Morgan fingerprint density at radius 1 is 1.38 bits per heavy atom. The molecule has 1 saturated heterocycles. The number of carbonyl (C=O) groups excluding carboxylic acids is 3. The summed E-state index contributed by atoms with van der Waals surface area (Å²) in [5.41, 5.74) is 1.49. The van der Waals surface area contributed by atoms with Crippen LogP contribution in [0.1, 0.15) is 22.9 Å². The SMILES string of the molecule is CCOC(=O)CN1Cc2cc(C=CC(=O)N3CC(OCc4cccs4)C3)cnc2NC1=O. The molecule has 4 heterocycles. The van der Waals surface area contributed by atoms with Gasteiger partial charge in [-0.25, -0.2) is 9.78 Å². The predicted molar refractivity (Wildman–Crippen MR) is 119 cm³/mol. The van der Waals surface area contributed by atoms with Gasteiger partial charge in [-0.15, -0.1) is 11.3 Å². The van der Waals surface area contributed by atoms with Crippen LogP contribution in [0.15, 0.2) is 35.9 Å². The minimum absolute atomic E-state index is 0.0638. The average Bonchev–Trinajstić information content (AvgIpc) is 3.25. The zero-order valence-corrected chi connectivity index (χ0v) is 18.5. The highest BCUT2D eigenvalue weighted by atomic mass is 32.1. The number of thiophene rings is 1. The fourth-order valence-corrected chi connectivity index (χ4v) is 4.02. The summed E-state index contributed by atoms with van der Waals surface area (Å²) in [5.74, 6) is -0.101. The molecular formula is C22H24N4O5S. The van der Waals surface area contributed by atoms with Crippen LogP contribution in [-0.4, -0.2) is 65.0 Å². The fourth-order valence-electron chi connectivity index (χ4n) is 3.39. The maximum Gasteiger partial charge on any atom is 0.325 e. The molecule has 2 aromatic rings. The molecule has 0 bridgehead atoms. The summed E-state index contributed by atoms with van der Waals surface area (Å²) in [6, 6.07) is 5.47. The van der Waals surface area contributed by atoms with Gasteiger partial charge in [-0.1, -0.05) is 6.07 Å². The molecule has 0 radical (unpaired) electrons. The number of amides is 3. The van der Waals surface area contributed by atoms with Crippen LogP contribution in [0.3, 0.4) is 0 Å². The van der Waals surface area contributed by atoms with Crippen LogP contribution in [0, 0.1) is 0 Å². The quantitative estimate of drug-likeness (QED) is 0.484. The summed E-state index contributed by atoms with van der Waals surface area (Å²) in [6.45, 7) is 3.79. The van der Waals surface area contributed by atoms with Crippen LogP contribution in [0.5, 0.6) is 0 Å². The molecule has 10 heteroatoms. The molecule has 0 spiro atoms. The monoisotopic (exact) mass is 456 g/mol. The molecule has 32 heavy (non-hydrogen) atoms. The molecular weight excluding hydrogens is 432 g/mol. The van der Waals surface area contributed by atoms with Gasteiger partial charge in [0.2, 0.25) is 5.91 Å². The summed E-state index contributed by atoms with van der Waals surface area (Å²) >= 11 is 1.66. The lowest BCUT2D eigenvalue weighted by Crippen LogP contribution is -2.54. The molecule has 0 aliphatic carbocycles. The van der Waals surface area contributed by atoms with E-state index in [1.54, 1.807) is 35.4 Å². The Morgan fingerprint density at radius 2 is 2.22 bits per heavy atom. The molecule has 1 N–H and O–H groups in total. The van der Waals surface area contributed by atoms with Crippen molar-refractivity contribution >= 4 is 41.1 Å². The first-order valence-corrected chi connectivity index (χ1v) is 11.2. The molecule has 0 atom stereocenters. The van der Waals surface area contributed by atoms with Gasteiger partial charge in [0.15, 0.2) is 0 Å². The maximum atomic E-state index is 12.4. The van der Waals surface area contributed by atoms with Crippen molar-refractivity contribution in [2.24, 2.45) is 0 Å². The predicted octanol–water partition coefficient (Wildman–Crippen LogP) is 2.49. The summed E-state index contributed by atoms with van der Waals surface area (Å²) in [7, 11) is 0. The smallest absolute Gasteiger partial charge is 0.325 e. The van der Waals surface area contributed by atoms with Gasteiger partial charge >= 0.3 is 12.0 Å². The first-order valence-electron chi connectivity index (χ1n) is 10.3. The number of hydrogen-bond donors (Lipinski definition) is 1. The number of likely N-dealkylation sites (tertiary alicyclic amines) is 1. The lowest BCUT2D eigenvalue weighted by molar-refractivity contribution is -0.143. The molecule has 0 aromatic carbocycles. The number of anilines is 1. The van der Waals surface area contributed by atoms with Gasteiger partial charge in [0.25, 0.3) is 0 Å². The van der Waals surface area contributed by atoms with E-state index in [-0.39, 0.29) is 31.7 Å². The second kappa shape index (κ2) is 9.92. The number of hydrogen-bond acceptors (Lipinski definition) is 7. The van der Waals surface area contributed by atoms with Crippen LogP contribution in [0.25, 0.3) is 6.08 Å². The molecule has 0 saturated carbocycles. The van der Waals surface area contributed by atoms with E-state index in [0.717, 1.165) is 11.1 Å². The highest BCUT2D eigenvalue weighted by Crippen LogP contribution is 2.23. The van der Waals surface area contributed by atoms with Crippen LogP contribution in [0.4, 0.5) is 10.6 Å². The molecule has 2 aliphatic rings. The topological polar surface area (TPSA) is 101 Å². The second-order valence-corrected chi connectivity index (χ2v) is 8.49. The molecule has 1 fully saturated rings. The molecule has 9 nitrogen and oxygen atoms in total. The first-order chi connectivity index (χ1) is 15.5. The largest absolute Gasteiger partial charge is 0.465 e. The van der Waals surface area contributed by atoms with Gasteiger partial charge in [0.05, 0.1) is 25.9 Å². The van der Waals surface area contributed by atoms with Gasteiger partial charge in [-0.3, -0.25) is 14.9 Å². The van der Waals surface area contributed by atoms with Crippen molar-refractivity contribution in [2.75, 3.05) is 31.6 Å². The van der Waals surface area contributed by atoms with Crippen LogP contribution >= 0.6 is 11.3 Å². The van der Waals surface area contributed by atoms with E-state index in [2.05, 4.69) is 10.3 Å². The van der Waals surface area contributed by atoms with Gasteiger partial charge in [-0.05, 0) is 36.1 Å². The van der Waals surface area contributed by atoms with Crippen LogP contribution in [0.2, 0.25) is 0 Å². The van der Waals surface area contributed by atoms with Crippen LogP contribution in [-0.2, 0) is 32.2 Å². The number of pyridine rings is 1. The van der Waals surface area contributed by atoms with E-state index in [9.17, 15) is 14.4 Å². The highest BCUT2D eigenvalue weighted by molar-refractivity contribution is 7.09. The zero-order valence-electron chi connectivity index (χ0n) is 17.7. The Kier molecular flexibility index (Phi) is 6.81. The maximum absolute atomic E-state index is 12.4. The third kappa shape index (κ3) is 5.32. The molecule has 2 aromatic heterocycles. The zero-order chi connectivity index (χ0) is 22.5. The summed E-state index contributed by atoms with van der Waals surface area (Å²) in [5, 5.41) is 4.68. The van der Waals surface area contributed by atoms with Gasteiger partial charge in [0, 0.05) is 35.8 Å².